The summed E-state index contributed by atoms with van der Waals surface area (Å²) in [5.41, 5.74) is 7.54. The van der Waals surface area contributed by atoms with Crippen molar-refractivity contribution >= 4 is 32.9 Å². The van der Waals surface area contributed by atoms with Gasteiger partial charge in [-0.2, -0.15) is 5.10 Å². The quantitative estimate of drug-likeness (QED) is 0.246. The van der Waals surface area contributed by atoms with E-state index in [9.17, 15) is 22.0 Å². The van der Waals surface area contributed by atoms with Crippen molar-refractivity contribution in [2.75, 3.05) is 22.0 Å². The Bertz CT molecular complexity index is 1920. The first-order valence-corrected chi connectivity index (χ1v) is 14.3. The zero-order chi connectivity index (χ0) is 29.5. The smallest absolute Gasteiger partial charge is 0.282 e. The third-order valence-corrected chi connectivity index (χ3v) is 6.95. The van der Waals surface area contributed by atoms with Crippen LogP contribution in [-0.4, -0.2) is 38.8 Å². The van der Waals surface area contributed by atoms with Crippen LogP contribution in [0.5, 0.6) is 0 Å². The largest absolute Gasteiger partial charge is 0.383 e. The standard InChI is InChI=1S/C27H26F2N8O3S/c1-15-9-10-36-22(15)27(38)37(20-7-5-4-6-8-20)26(34-36)16(2)33-25-21(24(30)31-14-32-25)17-11-18(23(28)29)13-19(12-17)35-41(3,39)40/h4-14,16,23,35H,1-3H3,(H3,30,31,32,33). The summed E-state index contributed by atoms with van der Waals surface area (Å²) in [5, 5.41) is 7.91. The van der Waals surface area contributed by atoms with E-state index < -0.39 is 28.1 Å². The maximum absolute atomic E-state index is 13.8. The van der Waals surface area contributed by atoms with E-state index >= 15 is 0 Å². The summed E-state index contributed by atoms with van der Waals surface area (Å²) < 4.78 is 56.5. The van der Waals surface area contributed by atoms with Crippen LogP contribution in [-0.2, 0) is 10.0 Å². The Kier molecular flexibility index (Phi) is 7.17. The second-order valence-electron chi connectivity index (χ2n) is 9.49. The van der Waals surface area contributed by atoms with Crippen LogP contribution < -0.4 is 21.3 Å². The predicted molar refractivity (Wildman–Crippen MR) is 153 cm³/mol. The molecule has 5 rings (SSSR count). The van der Waals surface area contributed by atoms with Gasteiger partial charge in [0.2, 0.25) is 10.0 Å². The van der Waals surface area contributed by atoms with Gasteiger partial charge in [0.15, 0.2) is 5.82 Å². The van der Waals surface area contributed by atoms with Gasteiger partial charge in [-0.25, -0.2) is 31.7 Å². The fraction of sp³-hybridized carbons (Fsp3) is 0.185. The minimum Gasteiger partial charge on any atom is -0.383 e. The van der Waals surface area contributed by atoms with E-state index in [1.54, 1.807) is 43.5 Å². The first kappa shape index (κ1) is 27.7. The molecule has 0 spiro atoms. The number of sulfonamides is 1. The third kappa shape index (κ3) is 5.59. The molecule has 0 aliphatic rings. The third-order valence-electron chi connectivity index (χ3n) is 6.34. The minimum atomic E-state index is -3.76. The lowest BCUT2D eigenvalue weighted by Gasteiger charge is -2.21. The summed E-state index contributed by atoms with van der Waals surface area (Å²) in [4.78, 5) is 22.0. The van der Waals surface area contributed by atoms with Crippen LogP contribution in [0.25, 0.3) is 22.3 Å². The van der Waals surface area contributed by atoms with Crippen molar-refractivity contribution in [1.29, 1.82) is 0 Å². The average molecular weight is 581 g/mol. The topological polar surface area (TPSA) is 149 Å². The minimum absolute atomic E-state index is 0.0312. The summed E-state index contributed by atoms with van der Waals surface area (Å²) >= 11 is 0. The molecule has 14 heteroatoms. The Morgan fingerprint density at radius 3 is 2.46 bits per heavy atom. The number of nitrogens with two attached hydrogens (primary N) is 1. The van der Waals surface area contributed by atoms with Gasteiger partial charge in [-0.3, -0.25) is 14.1 Å². The molecule has 1 atom stereocenters. The predicted octanol–water partition coefficient (Wildman–Crippen LogP) is 4.32. The van der Waals surface area contributed by atoms with Crippen LogP contribution in [0, 0.1) is 6.92 Å². The van der Waals surface area contributed by atoms with Crippen molar-refractivity contribution in [2.24, 2.45) is 0 Å². The van der Waals surface area contributed by atoms with Gasteiger partial charge in [-0.1, -0.05) is 18.2 Å². The number of para-hydroxylation sites is 1. The Hall–Kier alpha value is -4.85. The fourth-order valence-corrected chi connectivity index (χ4v) is 5.14. The molecule has 3 aromatic heterocycles. The van der Waals surface area contributed by atoms with Gasteiger partial charge in [0.1, 0.15) is 23.5 Å². The molecule has 41 heavy (non-hydrogen) atoms. The number of hydrogen-bond donors (Lipinski definition) is 3. The van der Waals surface area contributed by atoms with Gasteiger partial charge >= 0.3 is 0 Å². The van der Waals surface area contributed by atoms with Gasteiger partial charge in [0.25, 0.3) is 12.0 Å². The molecule has 1 unspecified atom stereocenters. The first-order valence-electron chi connectivity index (χ1n) is 12.4. The molecule has 2 aromatic carbocycles. The lowest BCUT2D eigenvalue weighted by Crippen LogP contribution is -2.29. The Labute approximate surface area is 233 Å². The van der Waals surface area contributed by atoms with E-state index in [1.807, 2.05) is 13.0 Å². The number of benzene rings is 2. The van der Waals surface area contributed by atoms with Crippen molar-refractivity contribution in [3.8, 4) is 16.8 Å². The maximum atomic E-state index is 13.8. The maximum Gasteiger partial charge on any atom is 0.282 e. The normalized spacial score (nSPS) is 12.5. The Morgan fingerprint density at radius 1 is 1.05 bits per heavy atom. The zero-order valence-corrected chi connectivity index (χ0v) is 23.0. The van der Waals surface area contributed by atoms with Gasteiger partial charge in [-0.05, 0) is 61.4 Å². The highest BCUT2D eigenvalue weighted by molar-refractivity contribution is 7.92. The number of hydrogen-bond acceptors (Lipinski definition) is 8. The molecule has 0 amide bonds. The van der Waals surface area contributed by atoms with E-state index in [0.717, 1.165) is 17.9 Å². The molecular formula is C27H26F2N8O3S. The molecule has 5 aromatic rings. The van der Waals surface area contributed by atoms with E-state index in [0.29, 0.717) is 17.0 Å². The second-order valence-corrected chi connectivity index (χ2v) is 11.2. The molecule has 4 N–H and O–H groups in total. The Balaban J connectivity index is 1.65. The van der Waals surface area contributed by atoms with Crippen molar-refractivity contribution < 1.29 is 17.2 Å². The number of nitrogens with one attached hydrogen (secondary N) is 2. The average Bonchev–Trinajstić information content (AvgIpc) is 3.28. The molecule has 0 saturated heterocycles. The zero-order valence-electron chi connectivity index (χ0n) is 22.2. The van der Waals surface area contributed by atoms with Crippen molar-refractivity contribution in [3.05, 3.63) is 94.4 Å². The van der Waals surface area contributed by atoms with E-state index in [-0.39, 0.29) is 34.0 Å². The van der Waals surface area contributed by atoms with E-state index in [4.69, 9.17) is 10.8 Å². The number of halogens is 2. The number of aromatic nitrogens is 5. The number of nitrogens with zero attached hydrogens (tertiary/aromatic N) is 5. The molecule has 0 aliphatic heterocycles. The van der Waals surface area contributed by atoms with Crippen LogP contribution in [0.4, 0.5) is 26.1 Å². The molecule has 0 radical (unpaired) electrons. The molecule has 0 fully saturated rings. The van der Waals surface area contributed by atoms with Crippen LogP contribution in [0.1, 0.15) is 36.3 Å². The summed E-state index contributed by atoms with van der Waals surface area (Å²) in [7, 11) is -3.76. The SMILES string of the molecule is Cc1ccn2nc(C(C)Nc3ncnc(N)c3-c3cc(NS(C)(=O)=O)cc(C(F)F)c3)n(-c3ccccc3)c(=O)c12. The number of fused-ring (bicyclic) bond motifs is 1. The number of nitrogen functional groups attached to an aromatic ring is 1. The van der Waals surface area contributed by atoms with Crippen molar-refractivity contribution in [3.63, 3.8) is 0 Å². The summed E-state index contributed by atoms with van der Waals surface area (Å²) in [5.74, 6) is 0.476. The highest BCUT2D eigenvalue weighted by Gasteiger charge is 2.23. The van der Waals surface area contributed by atoms with E-state index in [2.05, 4.69) is 20.0 Å². The van der Waals surface area contributed by atoms with Crippen molar-refractivity contribution in [1.82, 2.24) is 24.1 Å². The van der Waals surface area contributed by atoms with Gasteiger partial charge in [0.05, 0.1) is 23.5 Å². The van der Waals surface area contributed by atoms with E-state index in [1.165, 1.54) is 27.5 Å². The van der Waals surface area contributed by atoms with Crippen LogP contribution in [0.3, 0.4) is 0 Å². The summed E-state index contributed by atoms with van der Waals surface area (Å²) in [6, 6.07) is 13.8. The highest BCUT2D eigenvalue weighted by atomic mass is 32.2. The molecule has 3 heterocycles. The lowest BCUT2D eigenvalue weighted by molar-refractivity contribution is 0.151. The van der Waals surface area contributed by atoms with Gasteiger partial charge in [0, 0.05) is 17.4 Å². The van der Waals surface area contributed by atoms with Crippen molar-refractivity contribution in [2.45, 2.75) is 26.3 Å². The highest BCUT2D eigenvalue weighted by Crippen LogP contribution is 2.37. The first-order chi connectivity index (χ1) is 19.4. The summed E-state index contributed by atoms with van der Waals surface area (Å²) in [6.07, 6.45) is 0.922. The molecule has 11 nitrogen and oxygen atoms in total. The molecular weight excluding hydrogens is 554 g/mol. The molecule has 0 bridgehead atoms. The van der Waals surface area contributed by atoms with Gasteiger partial charge < -0.3 is 11.1 Å². The number of aryl methyl sites for hydroxylation is 1. The molecule has 212 valence electrons. The number of anilines is 3. The number of rotatable bonds is 8. The van der Waals surface area contributed by atoms with Crippen LogP contribution in [0.2, 0.25) is 0 Å². The Morgan fingerprint density at radius 2 is 1.78 bits per heavy atom. The second kappa shape index (κ2) is 10.6. The molecule has 0 aliphatic carbocycles. The number of alkyl halides is 2. The lowest BCUT2D eigenvalue weighted by atomic mass is 10.0. The monoisotopic (exact) mass is 580 g/mol. The fourth-order valence-electron chi connectivity index (χ4n) is 4.60. The summed E-state index contributed by atoms with van der Waals surface area (Å²) in [6.45, 7) is 3.59. The molecule has 0 saturated carbocycles. The van der Waals surface area contributed by atoms with Crippen LogP contribution in [0.15, 0.2) is 71.9 Å². The van der Waals surface area contributed by atoms with Gasteiger partial charge in [-0.15, -0.1) is 0 Å². The van der Waals surface area contributed by atoms with Crippen LogP contribution >= 0.6 is 0 Å².